The summed E-state index contributed by atoms with van der Waals surface area (Å²) in [5, 5.41) is 0. The molecule has 0 spiro atoms. The molecule has 2 rings (SSSR count). The van der Waals surface area contributed by atoms with Gasteiger partial charge in [0.25, 0.3) is 0 Å². The quantitative estimate of drug-likeness (QED) is 0.902. The Labute approximate surface area is 108 Å². The van der Waals surface area contributed by atoms with Crippen LogP contribution in [0.5, 0.6) is 5.75 Å². The Morgan fingerprint density at radius 1 is 1.39 bits per heavy atom. The second kappa shape index (κ2) is 4.55. The van der Waals surface area contributed by atoms with E-state index in [0.717, 1.165) is 12.0 Å². The summed E-state index contributed by atoms with van der Waals surface area (Å²) in [6.45, 7) is 2.04. The van der Waals surface area contributed by atoms with E-state index in [1.165, 1.54) is 0 Å². The van der Waals surface area contributed by atoms with Gasteiger partial charge in [-0.15, -0.1) is 0 Å². The summed E-state index contributed by atoms with van der Waals surface area (Å²) in [6.07, 6.45) is 2.26. The molecule has 0 aliphatic heterocycles. The minimum atomic E-state index is -3.34. The predicted molar refractivity (Wildman–Crippen MR) is 70.6 cm³/mol. The summed E-state index contributed by atoms with van der Waals surface area (Å²) in [6, 6.07) is 4.98. The maximum Gasteiger partial charge on any atom is 0.185 e. The van der Waals surface area contributed by atoms with Gasteiger partial charge < -0.3 is 10.5 Å². The summed E-state index contributed by atoms with van der Waals surface area (Å²) < 4.78 is 29.6. The summed E-state index contributed by atoms with van der Waals surface area (Å²) in [7, 11) is -1.77. The molecule has 5 heteroatoms. The first-order valence-electron chi connectivity index (χ1n) is 6.06. The first-order chi connectivity index (χ1) is 8.47. The van der Waals surface area contributed by atoms with Crippen molar-refractivity contribution in [2.75, 3.05) is 13.7 Å². The average molecular weight is 269 g/mol. The lowest BCUT2D eigenvalue weighted by Gasteiger charge is -2.40. The Kier molecular flexibility index (Phi) is 3.38. The van der Waals surface area contributed by atoms with Crippen LogP contribution in [0.25, 0.3) is 0 Å². The molecule has 0 saturated heterocycles. The number of ether oxygens (including phenoxy) is 1. The molecule has 18 heavy (non-hydrogen) atoms. The SMILES string of the molecule is COc1ccc(S(=O)(=O)C2(CN)CCC2)cc1C. The molecule has 0 unspecified atom stereocenters. The highest BCUT2D eigenvalue weighted by Crippen LogP contribution is 2.42. The zero-order chi connectivity index (χ0) is 13.4. The van der Waals surface area contributed by atoms with E-state index in [0.29, 0.717) is 23.5 Å². The fourth-order valence-electron chi connectivity index (χ4n) is 2.42. The van der Waals surface area contributed by atoms with Crippen LogP contribution in [0.15, 0.2) is 23.1 Å². The molecule has 100 valence electrons. The zero-order valence-corrected chi connectivity index (χ0v) is 11.6. The first-order valence-corrected chi connectivity index (χ1v) is 7.54. The van der Waals surface area contributed by atoms with Crippen molar-refractivity contribution in [3.05, 3.63) is 23.8 Å². The zero-order valence-electron chi connectivity index (χ0n) is 10.8. The number of aryl methyl sites for hydroxylation is 1. The van der Waals surface area contributed by atoms with Crippen LogP contribution in [0.3, 0.4) is 0 Å². The van der Waals surface area contributed by atoms with E-state index in [1.807, 2.05) is 6.92 Å². The van der Waals surface area contributed by atoms with Gasteiger partial charge in [-0.05, 0) is 43.5 Å². The third-order valence-corrected chi connectivity index (χ3v) is 6.47. The number of hydrogen-bond acceptors (Lipinski definition) is 4. The molecule has 0 aromatic heterocycles. The number of methoxy groups -OCH3 is 1. The Morgan fingerprint density at radius 2 is 2.06 bits per heavy atom. The number of benzene rings is 1. The molecule has 0 bridgehead atoms. The second-order valence-electron chi connectivity index (χ2n) is 4.88. The topological polar surface area (TPSA) is 69.4 Å². The average Bonchev–Trinajstić information content (AvgIpc) is 2.27. The molecule has 0 amide bonds. The van der Waals surface area contributed by atoms with E-state index in [1.54, 1.807) is 25.3 Å². The highest BCUT2D eigenvalue weighted by molar-refractivity contribution is 7.93. The maximum atomic E-state index is 12.6. The molecule has 1 fully saturated rings. The first kappa shape index (κ1) is 13.4. The number of nitrogens with two attached hydrogens (primary N) is 1. The molecular formula is C13H19NO3S. The van der Waals surface area contributed by atoms with E-state index in [9.17, 15) is 8.42 Å². The molecule has 1 aliphatic rings. The Hall–Kier alpha value is -1.07. The van der Waals surface area contributed by atoms with E-state index in [4.69, 9.17) is 10.5 Å². The molecule has 1 aromatic rings. The van der Waals surface area contributed by atoms with Gasteiger partial charge in [0.05, 0.1) is 16.8 Å². The summed E-state index contributed by atoms with van der Waals surface area (Å²) >= 11 is 0. The molecule has 4 nitrogen and oxygen atoms in total. The van der Waals surface area contributed by atoms with E-state index < -0.39 is 14.6 Å². The molecule has 0 radical (unpaired) electrons. The Morgan fingerprint density at radius 3 is 2.44 bits per heavy atom. The normalized spacial score (nSPS) is 18.2. The third-order valence-electron chi connectivity index (χ3n) is 3.88. The fraction of sp³-hybridized carbons (Fsp3) is 0.538. The lowest BCUT2D eigenvalue weighted by atomic mass is 9.84. The molecule has 0 atom stereocenters. The highest BCUT2D eigenvalue weighted by Gasteiger charge is 2.48. The van der Waals surface area contributed by atoms with Gasteiger partial charge in [-0.1, -0.05) is 6.42 Å². The van der Waals surface area contributed by atoms with E-state index >= 15 is 0 Å². The van der Waals surface area contributed by atoms with Crippen molar-refractivity contribution in [1.29, 1.82) is 0 Å². The van der Waals surface area contributed by atoms with Gasteiger partial charge in [-0.25, -0.2) is 8.42 Å². The highest BCUT2D eigenvalue weighted by atomic mass is 32.2. The van der Waals surface area contributed by atoms with Crippen molar-refractivity contribution in [3.8, 4) is 5.75 Å². The smallest absolute Gasteiger partial charge is 0.185 e. The molecule has 1 aromatic carbocycles. The van der Waals surface area contributed by atoms with Crippen molar-refractivity contribution < 1.29 is 13.2 Å². The van der Waals surface area contributed by atoms with Gasteiger partial charge in [0, 0.05) is 6.54 Å². The predicted octanol–water partition coefficient (Wildman–Crippen LogP) is 1.66. The third kappa shape index (κ3) is 1.82. The summed E-state index contributed by atoms with van der Waals surface area (Å²) in [5.74, 6) is 0.698. The molecule has 1 aliphatic carbocycles. The largest absolute Gasteiger partial charge is 0.496 e. The minimum Gasteiger partial charge on any atom is -0.496 e. The van der Waals surface area contributed by atoms with Crippen LogP contribution in [-0.2, 0) is 9.84 Å². The second-order valence-corrected chi connectivity index (χ2v) is 7.22. The van der Waals surface area contributed by atoms with Crippen LogP contribution in [0.2, 0.25) is 0 Å². The minimum absolute atomic E-state index is 0.195. The van der Waals surface area contributed by atoms with E-state index in [2.05, 4.69) is 0 Å². The lowest BCUT2D eigenvalue weighted by molar-refractivity contribution is 0.344. The van der Waals surface area contributed by atoms with Gasteiger partial charge >= 0.3 is 0 Å². The van der Waals surface area contributed by atoms with Crippen LogP contribution < -0.4 is 10.5 Å². The van der Waals surface area contributed by atoms with Gasteiger partial charge in [0.2, 0.25) is 0 Å². The van der Waals surface area contributed by atoms with Crippen molar-refractivity contribution in [2.45, 2.75) is 35.8 Å². The van der Waals surface area contributed by atoms with Crippen molar-refractivity contribution in [2.24, 2.45) is 5.73 Å². The summed E-state index contributed by atoms with van der Waals surface area (Å²) in [4.78, 5) is 0.353. The van der Waals surface area contributed by atoms with Gasteiger partial charge in [0.1, 0.15) is 5.75 Å². The molecular weight excluding hydrogens is 250 g/mol. The van der Waals surface area contributed by atoms with E-state index in [-0.39, 0.29) is 6.54 Å². The van der Waals surface area contributed by atoms with Gasteiger partial charge in [0.15, 0.2) is 9.84 Å². The lowest BCUT2D eigenvalue weighted by Crippen LogP contribution is -2.51. The number of sulfone groups is 1. The maximum absolute atomic E-state index is 12.6. The summed E-state index contributed by atoms with van der Waals surface area (Å²) in [5.41, 5.74) is 6.51. The van der Waals surface area contributed by atoms with Crippen molar-refractivity contribution >= 4 is 9.84 Å². The van der Waals surface area contributed by atoms with Crippen molar-refractivity contribution in [3.63, 3.8) is 0 Å². The van der Waals surface area contributed by atoms with Crippen LogP contribution in [0, 0.1) is 6.92 Å². The van der Waals surface area contributed by atoms with Crippen LogP contribution in [-0.4, -0.2) is 26.8 Å². The molecule has 0 heterocycles. The molecule has 1 saturated carbocycles. The Balaban J connectivity index is 2.45. The van der Waals surface area contributed by atoms with Crippen molar-refractivity contribution in [1.82, 2.24) is 0 Å². The van der Waals surface area contributed by atoms with Crippen LogP contribution in [0.4, 0.5) is 0 Å². The molecule has 2 N–H and O–H groups in total. The Bertz CT molecular complexity index is 542. The van der Waals surface area contributed by atoms with Crippen LogP contribution >= 0.6 is 0 Å². The monoisotopic (exact) mass is 269 g/mol. The van der Waals surface area contributed by atoms with Crippen LogP contribution in [0.1, 0.15) is 24.8 Å². The number of rotatable bonds is 4. The number of hydrogen-bond donors (Lipinski definition) is 1. The van der Waals surface area contributed by atoms with Gasteiger partial charge in [-0.3, -0.25) is 0 Å². The standard InChI is InChI=1S/C13H19NO3S/c1-10-8-11(4-5-12(10)17-2)18(15,16)13(9-14)6-3-7-13/h4-5,8H,3,6-7,9,14H2,1-2H3. The fourth-order valence-corrected chi connectivity index (χ4v) is 4.55. The van der Waals surface area contributed by atoms with Gasteiger partial charge in [-0.2, -0.15) is 0 Å².